The predicted molar refractivity (Wildman–Crippen MR) is 123 cm³/mol. The van der Waals surface area contributed by atoms with Gasteiger partial charge in [-0.15, -0.1) is 0 Å². The Labute approximate surface area is 183 Å². The van der Waals surface area contributed by atoms with Crippen LogP contribution in [-0.4, -0.2) is 39.3 Å². The van der Waals surface area contributed by atoms with E-state index < -0.39 is 5.97 Å². The predicted octanol–water partition coefficient (Wildman–Crippen LogP) is 4.99. The van der Waals surface area contributed by atoms with E-state index in [9.17, 15) is 9.59 Å². The van der Waals surface area contributed by atoms with Crippen molar-refractivity contribution in [3.8, 4) is 11.1 Å². The lowest BCUT2D eigenvalue weighted by molar-refractivity contribution is -0.139. The molecular weight excluding hydrogens is 392 g/mol. The molecule has 1 aliphatic carbocycles. The second-order valence-corrected chi connectivity index (χ2v) is 7.72. The summed E-state index contributed by atoms with van der Waals surface area (Å²) in [5, 5.41) is 3.15. The summed E-state index contributed by atoms with van der Waals surface area (Å²) in [6.45, 7) is 0. The lowest BCUT2D eigenvalue weighted by Crippen LogP contribution is -2.43. The molecule has 0 unspecified atom stereocenters. The van der Waals surface area contributed by atoms with Crippen molar-refractivity contribution in [1.29, 1.82) is 0 Å². The third-order valence-corrected chi connectivity index (χ3v) is 5.62. The smallest absolute Gasteiger partial charge is 0.373 e. The minimum Gasteiger partial charge on any atom is -0.490 e. The first kappa shape index (κ1) is 22.4. The summed E-state index contributed by atoms with van der Waals surface area (Å²) < 4.78 is 9.79. The van der Waals surface area contributed by atoms with Crippen molar-refractivity contribution >= 4 is 23.8 Å². The summed E-state index contributed by atoms with van der Waals surface area (Å²) >= 11 is 0. The highest BCUT2D eigenvalue weighted by Gasteiger charge is 2.19. The SMILES string of the molecule is COC(=O)C(=Cc1ccc(-c2cccc(N(C)C(=O)NC3CCCCC3)c2)cc1)OC. The Morgan fingerprint density at radius 3 is 2.32 bits per heavy atom. The van der Waals surface area contributed by atoms with Crippen LogP contribution in [0.25, 0.3) is 17.2 Å². The van der Waals surface area contributed by atoms with Crippen molar-refractivity contribution in [2.75, 3.05) is 26.2 Å². The molecule has 1 aliphatic rings. The second kappa shape index (κ2) is 10.7. The molecule has 0 radical (unpaired) electrons. The highest BCUT2D eigenvalue weighted by Crippen LogP contribution is 2.26. The molecule has 0 aliphatic heterocycles. The van der Waals surface area contributed by atoms with Crippen LogP contribution in [0.15, 0.2) is 54.3 Å². The maximum atomic E-state index is 12.7. The number of urea groups is 1. The molecule has 3 rings (SSSR count). The molecule has 6 nitrogen and oxygen atoms in total. The largest absolute Gasteiger partial charge is 0.490 e. The number of carbonyl (C=O) groups excluding carboxylic acids is 2. The van der Waals surface area contributed by atoms with Gasteiger partial charge in [-0.2, -0.15) is 0 Å². The van der Waals surface area contributed by atoms with Gasteiger partial charge in [0.1, 0.15) is 0 Å². The van der Waals surface area contributed by atoms with E-state index in [1.807, 2.05) is 48.5 Å². The molecule has 0 saturated heterocycles. The first-order chi connectivity index (χ1) is 15.0. The number of hydrogen-bond acceptors (Lipinski definition) is 4. The van der Waals surface area contributed by atoms with Crippen LogP contribution >= 0.6 is 0 Å². The Hall–Kier alpha value is -3.28. The molecule has 2 aromatic carbocycles. The van der Waals surface area contributed by atoms with Crippen molar-refractivity contribution in [2.45, 2.75) is 38.1 Å². The van der Waals surface area contributed by atoms with Gasteiger partial charge in [0.2, 0.25) is 5.76 Å². The average Bonchev–Trinajstić information content (AvgIpc) is 2.82. The summed E-state index contributed by atoms with van der Waals surface area (Å²) in [5.74, 6) is -0.378. The van der Waals surface area contributed by atoms with E-state index in [0.717, 1.165) is 35.2 Å². The number of carbonyl (C=O) groups is 2. The van der Waals surface area contributed by atoms with Gasteiger partial charge in [0.25, 0.3) is 0 Å². The number of anilines is 1. The minimum absolute atomic E-state index is 0.0700. The molecule has 0 spiro atoms. The Balaban J connectivity index is 1.72. The molecule has 1 N–H and O–H groups in total. The number of hydrogen-bond donors (Lipinski definition) is 1. The Morgan fingerprint density at radius 2 is 1.68 bits per heavy atom. The van der Waals surface area contributed by atoms with Crippen LogP contribution in [0.3, 0.4) is 0 Å². The first-order valence-electron chi connectivity index (χ1n) is 10.6. The number of esters is 1. The molecule has 0 heterocycles. The molecule has 31 heavy (non-hydrogen) atoms. The van der Waals surface area contributed by atoms with Crippen molar-refractivity contribution in [1.82, 2.24) is 5.32 Å². The Bertz CT molecular complexity index is 931. The highest BCUT2D eigenvalue weighted by atomic mass is 16.6. The minimum atomic E-state index is -0.520. The zero-order chi connectivity index (χ0) is 22.2. The number of methoxy groups -OCH3 is 2. The fraction of sp³-hybridized carbons (Fsp3) is 0.360. The van der Waals surface area contributed by atoms with Gasteiger partial charge in [0.15, 0.2) is 0 Å². The van der Waals surface area contributed by atoms with Gasteiger partial charge in [-0.1, -0.05) is 55.7 Å². The molecule has 1 saturated carbocycles. The lowest BCUT2D eigenvalue weighted by atomic mass is 9.96. The monoisotopic (exact) mass is 422 g/mol. The fourth-order valence-electron chi connectivity index (χ4n) is 3.75. The van der Waals surface area contributed by atoms with E-state index >= 15 is 0 Å². The van der Waals surface area contributed by atoms with Gasteiger partial charge >= 0.3 is 12.0 Å². The maximum Gasteiger partial charge on any atom is 0.373 e. The van der Waals surface area contributed by atoms with E-state index in [1.54, 1.807) is 18.0 Å². The van der Waals surface area contributed by atoms with E-state index in [-0.39, 0.29) is 17.8 Å². The Morgan fingerprint density at radius 1 is 0.968 bits per heavy atom. The van der Waals surface area contributed by atoms with E-state index in [2.05, 4.69) is 5.32 Å². The number of nitrogens with zero attached hydrogens (tertiary/aromatic N) is 1. The molecule has 0 aromatic heterocycles. The molecular formula is C25H30N2O4. The summed E-state index contributed by atoms with van der Waals surface area (Å²) in [7, 11) is 4.55. The van der Waals surface area contributed by atoms with Gasteiger partial charge in [-0.3, -0.25) is 4.90 Å². The van der Waals surface area contributed by atoms with Gasteiger partial charge in [-0.25, -0.2) is 9.59 Å². The molecule has 0 atom stereocenters. The average molecular weight is 423 g/mol. The number of benzene rings is 2. The van der Waals surface area contributed by atoms with Crippen LogP contribution in [0, 0.1) is 0 Å². The van der Waals surface area contributed by atoms with Crippen LogP contribution in [0.4, 0.5) is 10.5 Å². The third-order valence-electron chi connectivity index (χ3n) is 5.62. The first-order valence-corrected chi connectivity index (χ1v) is 10.6. The lowest BCUT2D eigenvalue weighted by Gasteiger charge is -2.26. The van der Waals surface area contributed by atoms with E-state index in [4.69, 9.17) is 9.47 Å². The molecule has 6 heteroatoms. The van der Waals surface area contributed by atoms with E-state index in [0.29, 0.717) is 0 Å². The number of rotatable bonds is 6. The van der Waals surface area contributed by atoms with Crippen molar-refractivity contribution < 1.29 is 19.1 Å². The van der Waals surface area contributed by atoms with E-state index in [1.165, 1.54) is 33.5 Å². The Kier molecular flexibility index (Phi) is 7.70. The standard InChI is InChI=1S/C25H30N2O4/c1-27(25(29)26-21-9-5-4-6-10-21)22-11-7-8-20(17-22)19-14-12-18(13-15-19)16-23(30-2)24(28)31-3/h7-8,11-17,21H,4-6,9-10H2,1-3H3,(H,26,29). The molecule has 1 fully saturated rings. The van der Waals surface area contributed by atoms with Gasteiger partial charge in [-0.05, 0) is 47.7 Å². The fourth-order valence-corrected chi connectivity index (χ4v) is 3.75. The number of amides is 2. The zero-order valence-electron chi connectivity index (χ0n) is 18.4. The molecule has 2 amide bonds. The zero-order valence-corrected chi connectivity index (χ0v) is 18.4. The number of ether oxygens (including phenoxy) is 2. The quantitative estimate of drug-likeness (QED) is 0.404. The van der Waals surface area contributed by atoms with Gasteiger partial charge in [0, 0.05) is 18.8 Å². The summed E-state index contributed by atoms with van der Waals surface area (Å²) in [4.78, 5) is 26.0. The number of nitrogens with one attached hydrogen (secondary N) is 1. The third kappa shape index (κ3) is 5.87. The molecule has 164 valence electrons. The summed E-state index contributed by atoms with van der Waals surface area (Å²) in [6.07, 6.45) is 7.37. The molecule has 2 aromatic rings. The normalized spacial score (nSPS) is 14.6. The molecule has 0 bridgehead atoms. The topological polar surface area (TPSA) is 67.9 Å². The van der Waals surface area contributed by atoms with Crippen molar-refractivity contribution in [2.24, 2.45) is 0 Å². The van der Waals surface area contributed by atoms with Gasteiger partial charge < -0.3 is 14.8 Å². The van der Waals surface area contributed by atoms with Crippen LogP contribution in [0.1, 0.15) is 37.7 Å². The van der Waals surface area contributed by atoms with Crippen LogP contribution < -0.4 is 10.2 Å². The summed E-state index contributed by atoms with van der Waals surface area (Å²) in [6, 6.07) is 15.8. The van der Waals surface area contributed by atoms with Crippen molar-refractivity contribution in [3.05, 3.63) is 59.9 Å². The second-order valence-electron chi connectivity index (χ2n) is 7.72. The van der Waals surface area contributed by atoms with Crippen molar-refractivity contribution in [3.63, 3.8) is 0 Å². The van der Waals surface area contributed by atoms with Crippen LogP contribution in [-0.2, 0) is 14.3 Å². The maximum absolute atomic E-state index is 12.7. The highest BCUT2D eigenvalue weighted by molar-refractivity contribution is 5.93. The van der Waals surface area contributed by atoms with Crippen LogP contribution in [0.5, 0.6) is 0 Å². The van der Waals surface area contributed by atoms with Gasteiger partial charge in [0.05, 0.1) is 14.2 Å². The van der Waals surface area contributed by atoms with Crippen LogP contribution in [0.2, 0.25) is 0 Å². The summed E-state index contributed by atoms with van der Waals surface area (Å²) in [5.41, 5.74) is 3.68.